The third-order valence-corrected chi connectivity index (χ3v) is 4.86. The summed E-state index contributed by atoms with van der Waals surface area (Å²) >= 11 is 0. The van der Waals surface area contributed by atoms with Gasteiger partial charge in [-0.3, -0.25) is 9.59 Å². The standard InChI is InChI=1S/C17H24N4O2/c18-16(22)13-6-10-21(11-7-13)17(23)14-4-5-15(19-12-14)20-8-2-1-3-9-20/h4-5,12-13H,1-3,6-11H2,(H2,18,22). The van der Waals surface area contributed by atoms with Crippen LogP contribution in [-0.4, -0.2) is 47.9 Å². The van der Waals surface area contributed by atoms with E-state index in [1.807, 2.05) is 12.1 Å². The molecule has 2 saturated heterocycles. The number of aromatic nitrogens is 1. The van der Waals surface area contributed by atoms with Gasteiger partial charge in [0.15, 0.2) is 0 Å². The molecule has 6 heteroatoms. The number of likely N-dealkylation sites (tertiary alicyclic amines) is 1. The number of carbonyl (C=O) groups excluding carboxylic acids is 2. The van der Waals surface area contributed by atoms with Gasteiger partial charge >= 0.3 is 0 Å². The monoisotopic (exact) mass is 316 g/mol. The van der Waals surface area contributed by atoms with E-state index in [0.717, 1.165) is 18.9 Å². The van der Waals surface area contributed by atoms with Crippen LogP contribution in [0.4, 0.5) is 5.82 Å². The summed E-state index contributed by atoms with van der Waals surface area (Å²) in [6.07, 6.45) is 6.68. The quantitative estimate of drug-likeness (QED) is 0.914. The van der Waals surface area contributed by atoms with Crippen LogP contribution in [0.5, 0.6) is 0 Å². The molecule has 0 atom stereocenters. The molecule has 0 unspecified atom stereocenters. The molecule has 1 aromatic rings. The van der Waals surface area contributed by atoms with Gasteiger partial charge in [0, 0.05) is 38.3 Å². The summed E-state index contributed by atoms with van der Waals surface area (Å²) in [5.41, 5.74) is 5.94. The Morgan fingerprint density at radius 3 is 2.30 bits per heavy atom. The number of pyridine rings is 1. The zero-order valence-corrected chi connectivity index (χ0v) is 13.4. The molecule has 23 heavy (non-hydrogen) atoms. The third kappa shape index (κ3) is 3.63. The molecular weight excluding hydrogens is 292 g/mol. The summed E-state index contributed by atoms with van der Waals surface area (Å²) in [5.74, 6) is 0.586. The molecule has 0 bridgehead atoms. The first-order valence-electron chi connectivity index (χ1n) is 8.45. The van der Waals surface area contributed by atoms with Crippen LogP contribution in [0.1, 0.15) is 42.5 Å². The number of primary amides is 1. The van der Waals surface area contributed by atoms with E-state index in [0.29, 0.717) is 31.5 Å². The van der Waals surface area contributed by atoms with Gasteiger partial charge in [0.1, 0.15) is 5.82 Å². The van der Waals surface area contributed by atoms with Gasteiger partial charge in [0.25, 0.3) is 5.91 Å². The molecule has 2 amide bonds. The van der Waals surface area contributed by atoms with Gasteiger partial charge in [-0.15, -0.1) is 0 Å². The van der Waals surface area contributed by atoms with Crippen LogP contribution in [-0.2, 0) is 4.79 Å². The smallest absolute Gasteiger partial charge is 0.255 e. The first kappa shape index (κ1) is 15.8. The molecule has 124 valence electrons. The van der Waals surface area contributed by atoms with Crippen molar-refractivity contribution in [3.63, 3.8) is 0 Å². The largest absolute Gasteiger partial charge is 0.369 e. The SMILES string of the molecule is NC(=O)C1CCN(C(=O)c2ccc(N3CCCCC3)nc2)CC1. The predicted octanol–water partition coefficient (Wildman–Crippen LogP) is 1.41. The van der Waals surface area contributed by atoms with E-state index in [1.165, 1.54) is 19.3 Å². The van der Waals surface area contributed by atoms with Crippen molar-refractivity contribution in [2.75, 3.05) is 31.1 Å². The van der Waals surface area contributed by atoms with E-state index in [4.69, 9.17) is 5.73 Å². The van der Waals surface area contributed by atoms with E-state index >= 15 is 0 Å². The highest BCUT2D eigenvalue weighted by Crippen LogP contribution is 2.20. The lowest BCUT2D eigenvalue weighted by Gasteiger charge is -2.31. The van der Waals surface area contributed by atoms with Crippen molar-refractivity contribution < 1.29 is 9.59 Å². The number of nitrogens with zero attached hydrogens (tertiary/aromatic N) is 3. The molecule has 6 nitrogen and oxygen atoms in total. The van der Waals surface area contributed by atoms with E-state index in [2.05, 4.69) is 9.88 Å². The van der Waals surface area contributed by atoms with Crippen molar-refractivity contribution in [3.8, 4) is 0 Å². The van der Waals surface area contributed by atoms with Crippen molar-refractivity contribution in [3.05, 3.63) is 23.9 Å². The number of hydrogen-bond acceptors (Lipinski definition) is 4. The molecule has 0 aromatic carbocycles. The predicted molar refractivity (Wildman–Crippen MR) is 88.1 cm³/mol. The summed E-state index contributed by atoms with van der Waals surface area (Å²) in [4.78, 5) is 32.2. The maximum absolute atomic E-state index is 12.5. The van der Waals surface area contributed by atoms with E-state index in [9.17, 15) is 9.59 Å². The number of hydrogen-bond donors (Lipinski definition) is 1. The van der Waals surface area contributed by atoms with E-state index < -0.39 is 0 Å². The summed E-state index contributed by atoms with van der Waals surface area (Å²) in [7, 11) is 0. The molecule has 2 fully saturated rings. The first-order valence-corrected chi connectivity index (χ1v) is 8.45. The van der Waals surface area contributed by atoms with Gasteiger partial charge in [0.05, 0.1) is 5.56 Å². The topological polar surface area (TPSA) is 79.5 Å². The Kier molecular flexibility index (Phi) is 4.79. The number of piperidine rings is 2. The first-order chi connectivity index (χ1) is 11.1. The number of anilines is 1. The average Bonchev–Trinajstić information content (AvgIpc) is 2.62. The molecular formula is C17H24N4O2. The summed E-state index contributed by atoms with van der Waals surface area (Å²) in [6.45, 7) is 3.25. The molecule has 2 N–H and O–H groups in total. The van der Waals surface area contributed by atoms with Crippen molar-refractivity contribution in [2.45, 2.75) is 32.1 Å². The van der Waals surface area contributed by atoms with Crippen molar-refractivity contribution in [1.82, 2.24) is 9.88 Å². The number of amides is 2. The van der Waals surface area contributed by atoms with E-state index in [1.54, 1.807) is 11.1 Å². The molecule has 2 aliphatic heterocycles. The minimum atomic E-state index is -0.260. The van der Waals surface area contributed by atoms with Gasteiger partial charge in [0.2, 0.25) is 5.91 Å². The molecule has 0 spiro atoms. The minimum absolute atomic E-state index is 0.00869. The highest BCUT2D eigenvalue weighted by atomic mass is 16.2. The normalized spacial score (nSPS) is 19.7. The average molecular weight is 316 g/mol. The number of carbonyl (C=O) groups is 2. The Morgan fingerprint density at radius 1 is 1.04 bits per heavy atom. The molecule has 0 radical (unpaired) electrons. The second-order valence-electron chi connectivity index (χ2n) is 6.42. The number of rotatable bonds is 3. The molecule has 0 saturated carbocycles. The van der Waals surface area contributed by atoms with Crippen molar-refractivity contribution in [1.29, 1.82) is 0 Å². The Morgan fingerprint density at radius 2 is 1.74 bits per heavy atom. The fraction of sp³-hybridized carbons (Fsp3) is 0.588. The Hall–Kier alpha value is -2.11. The number of nitrogens with two attached hydrogens (primary N) is 1. The van der Waals surface area contributed by atoms with Crippen LogP contribution in [0.25, 0.3) is 0 Å². The second kappa shape index (κ2) is 6.98. The van der Waals surface area contributed by atoms with Crippen LogP contribution in [0.15, 0.2) is 18.3 Å². The van der Waals surface area contributed by atoms with Crippen LogP contribution >= 0.6 is 0 Å². The lowest BCUT2D eigenvalue weighted by atomic mass is 9.96. The Labute approximate surface area is 136 Å². The van der Waals surface area contributed by atoms with E-state index in [-0.39, 0.29) is 17.7 Å². The maximum atomic E-state index is 12.5. The molecule has 0 aliphatic carbocycles. The summed E-state index contributed by atoms with van der Waals surface area (Å²) in [6, 6.07) is 3.80. The Balaban J connectivity index is 1.60. The highest BCUT2D eigenvalue weighted by Gasteiger charge is 2.26. The molecule has 3 heterocycles. The van der Waals surface area contributed by atoms with Crippen molar-refractivity contribution in [2.24, 2.45) is 11.7 Å². The van der Waals surface area contributed by atoms with Gasteiger partial charge in [-0.05, 0) is 44.2 Å². The maximum Gasteiger partial charge on any atom is 0.255 e. The van der Waals surface area contributed by atoms with Crippen LogP contribution in [0.3, 0.4) is 0 Å². The van der Waals surface area contributed by atoms with Crippen LogP contribution < -0.4 is 10.6 Å². The summed E-state index contributed by atoms with van der Waals surface area (Å²) < 4.78 is 0. The fourth-order valence-corrected chi connectivity index (χ4v) is 3.37. The van der Waals surface area contributed by atoms with Crippen LogP contribution in [0.2, 0.25) is 0 Å². The molecule has 2 aliphatic rings. The second-order valence-corrected chi connectivity index (χ2v) is 6.42. The minimum Gasteiger partial charge on any atom is -0.369 e. The van der Waals surface area contributed by atoms with Gasteiger partial charge in [-0.2, -0.15) is 0 Å². The van der Waals surface area contributed by atoms with Crippen LogP contribution in [0, 0.1) is 5.92 Å². The fourth-order valence-electron chi connectivity index (χ4n) is 3.37. The lowest BCUT2D eigenvalue weighted by Crippen LogP contribution is -2.41. The van der Waals surface area contributed by atoms with Gasteiger partial charge < -0.3 is 15.5 Å². The Bertz CT molecular complexity index is 558. The highest BCUT2D eigenvalue weighted by molar-refractivity contribution is 5.94. The molecule has 1 aromatic heterocycles. The summed E-state index contributed by atoms with van der Waals surface area (Å²) in [5, 5.41) is 0. The van der Waals surface area contributed by atoms with Crippen molar-refractivity contribution >= 4 is 17.6 Å². The molecule has 3 rings (SSSR count). The zero-order valence-electron chi connectivity index (χ0n) is 13.4. The van der Waals surface area contributed by atoms with Gasteiger partial charge in [-0.1, -0.05) is 0 Å². The third-order valence-electron chi connectivity index (χ3n) is 4.86. The lowest BCUT2D eigenvalue weighted by molar-refractivity contribution is -0.123. The zero-order chi connectivity index (χ0) is 16.2. The van der Waals surface area contributed by atoms with Gasteiger partial charge in [-0.25, -0.2) is 4.98 Å².